The molecule has 2 unspecified atom stereocenters. The second-order valence-corrected chi connectivity index (χ2v) is 5.42. The molecule has 64 valence electrons. The Morgan fingerprint density at radius 3 is 2.83 bits per heavy atom. The average molecular weight is 247 g/mol. The van der Waals surface area contributed by atoms with Crippen LogP contribution in [0, 0.1) is 5.92 Å². The van der Waals surface area contributed by atoms with Crippen LogP contribution in [0.2, 0.25) is 0 Å². The van der Waals surface area contributed by atoms with Crippen LogP contribution < -0.4 is 0 Å². The number of thiophene rings is 1. The molecule has 12 heavy (non-hydrogen) atoms. The van der Waals surface area contributed by atoms with Crippen molar-refractivity contribution in [1.29, 1.82) is 0 Å². The zero-order valence-electron chi connectivity index (χ0n) is 6.16. The average Bonchev–Trinajstić information content (AvgIpc) is 2.70. The summed E-state index contributed by atoms with van der Waals surface area (Å²) in [5.74, 6) is -0.515. The number of carboxylic acid groups (broad SMARTS) is 1. The summed E-state index contributed by atoms with van der Waals surface area (Å²) in [5, 5.41) is 8.68. The van der Waals surface area contributed by atoms with E-state index < -0.39 is 5.97 Å². The zero-order chi connectivity index (χ0) is 8.72. The van der Waals surface area contributed by atoms with Crippen molar-refractivity contribution in [2.45, 2.75) is 12.3 Å². The highest BCUT2D eigenvalue weighted by Crippen LogP contribution is 2.50. The van der Waals surface area contributed by atoms with E-state index in [2.05, 4.69) is 15.9 Å². The normalized spacial score (nSPS) is 27.1. The quantitative estimate of drug-likeness (QED) is 0.872. The van der Waals surface area contributed by atoms with Crippen LogP contribution in [0.4, 0.5) is 0 Å². The molecule has 0 aliphatic heterocycles. The van der Waals surface area contributed by atoms with Gasteiger partial charge in [0.2, 0.25) is 0 Å². The maximum Gasteiger partial charge on any atom is 0.307 e. The van der Waals surface area contributed by atoms with Crippen molar-refractivity contribution in [1.82, 2.24) is 0 Å². The maximum atomic E-state index is 10.5. The lowest BCUT2D eigenvalue weighted by atomic mass is 10.3. The minimum absolute atomic E-state index is 0.129. The topological polar surface area (TPSA) is 37.3 Å². The molecule has 1 fully saturated rings. The number of halogens is 1. The van der Waals surface area contributed by atoms with E-state index in [0.717, 1.165) is 10.2 Å². The first-order chi connectivity index (χ1) is 5.68. The number of aliphatic carboxylic acids is 1. The van der Waals surface area contributed by atoms with E-state index in [1.807, 2.05) is 12.1 Å². The van der Waals surface area contributed by atoms with Crippen LogP contribution in [0.5, 0.6) is 0 Å². The van der Waals surface area contributed by atoms with Crippen LogP contribution in [0.1, 0.15) is 17.2 Å². The van der Waals surface area contributed by atoms with E-state index in [1.165, 1.54) is 4.88 Å². The number of hydrogen-bond donors (Lipinski definition) is 1. The fourth-order valence-corrected chi connectivity index (χ4v) is 2.91. The Balaban J connectivity index is 2.10. The monoisotopic (exact) mass is 246 g/mol. The first-order valence-electron chi connectivity index (χ1n) is 3.66. The molecule has 1 saturated carbocycles. The van der Waals surface area contributed by atoms with Gasteiger partial charge in [-0.2, -0.15) is 0 Å². The van der Waals surface area contributed by atoms with Gasteiger partial charge in [0.05, 0.1) is 9.70 Å². The van der Waals surface area contributed by atoms with Crippen molar-refractivity contribution in [3.05, 3.63) is 20.8 Å². The summed E-state index contributed by atoms with van der Waals surface area (Å²) in [5.41, 5.74) is 0. The summed E-state index contributed by atoms with van der Waals surface area (Å²) in [4.78, 5) is 11.7. The van der Waals surface area contributed by atoms with Gasteiger partial charge in [-0.25, -0.2) is 0 Å². The van der Waals surface area contributed by atoms with Gasteiger partial charge in [0, 0.05) is 10.8 Å². The molecule has 1 aliphatic carbocycles. The number of rotatable bonds is 2. The van der Waals surface area contributed by atoms with Gasteiger partial charge < -0.3 is 5.11 Å². The molecule has 1 aromatic rings. The fraction of sp³-hybridized carbons (Fsp3) is 0.375. The molecule has 1 heterocycles. The van der Waals surface area contributed by atoms with E-state index in [4.69, 9.17) is 5.11 Å². The van der Waals surface area contributed by atoms with Crippen LogP contribution in [-0.4, -0.2) is 11.1 Å². The second-order valence-electron chi connectivity index (χ2n) is 2.93. The Bertz CT molecular complexity index is 321. The molecule has 0 spiro atoms. The molecule has 1 aliphatic rings. The van der Waals surface area contributed by atoms with Crippen LogP contribution >= 0.6 is 27.3 Å². The van der Waals surface area contributed by atoms with E-state index in [9.17, 15) is 4.79 Å². The Kier molecular flexibility index (Phi) is 1.96. The minimum Gasteiger partial charge on any atom is -0.481 e. The van der Waals surface area contributed by atoms with Crippen molar-refractivity contribution in [3.63, 3.8) is 0 Å². The third kappa shape index (κ3) is 1.41. The Labute approximate surface area is 82.3 Å². The van der Waals surface area contributed by atoms with Gasteiger partial charge in [0.25, 0.3) is 0 Å². The predicted molar refractivity (Wildman–Crippen MR) is 50.5 cm³/mol. The number of carbonyl (C=O) groups is 1. The fourth-order valence-electron chi connectivity index (χ4n) is 1.31. The molecular weight excluding hydrogens is 240 g/mol. The molecule has 0 bridgehead atoms. The Morgan fingerprint density at radius 1 is 1.67 bits per heavy atom. The van der Waals surface area contributed by atoms with Crippen LogP contribution in [0.25, 0.3) is 0 Å². The van der Waals surface area contributed by atoms with Gasteiger partial charge in [-0.15, -0.1) is 11.3 Å². The largest absolute Gasteiger partial charge is 0.481 e. The third-order valence-electron chi connectivity index (χ3n) is 2.07. The third-order valence-corrected chi connectivity index (χ3v) is 3.82. The Morgan fingerprint density at radius 2 is 2.42 bits per heavy atom. The van der Waals surface area contributed by atoms with E-state index >= 15 is 0 Å². The van der Waals surface area contributed by atoms with Gasteiger partial charge in [-0.05, 0) is 34.5 Å². The summed E-state index contributed by atoms with van der Waals surface area (Å²) < 4.78 is 1.08. The van der Waals surface area contributed by atoms with Crippen molar-refractivity contribution >= 4 is 33.2 Å². The lowest BCUT2D eigenvalue weighted by Crippen LogP contribution is -1.97. The first-order valence-corrected chi connectivity index (χ1v) is 5.27. The molecule has 1 N–H and O–H groups in total. The molecule has 4 heteroatoms. The highest BCUT2D eigenvalue weighted by molar-refractivity contribution is 9.11. The second kappa shape index (κ2) is 2.85. The van der Waals surface area contributed by atoms with Crippen molar-refractivity contribution in [2.24, 2.45) is 5.92 Å². The lowest BCUT2D eigenvalue weighted by molar-refractivity contribution is -0.138. The van der Waals surface area contributed by atoms with Crippen LogP contribution in [0.15, 0.2) is 15.9 Å². The predicted octanol–water partition coefficient (Wildman–Crippen LogP) is 2.70. The van der Waals surface area contributed by atoms with E-state index in [1.54, 1.807) is 11.3 Å². The minimum atomic E-state index is -0.662. The first kappa shape index (κ1) is 8.26. The summed E-state index contributed by atoms with van der Waals surface area (Å²) in [6, 6.07) is 3.97. The van der Waals surface area contributed by atoms with Gasteiger partial charge in [0.15, 0.2) is 0 Å². The molecule has 2 atom stereocenters. The van der Waals surface area contributed by atoms with Crippen LogP contribution in [0.3, 0.4) is 0 Å². The zero-order valence-corrected chi connectivity index (χ0v) is 8.56. The van der Waals surface area contributed by atoms with E-state index in [0.29, 0.717) is 0 Å². The van der Waals surface area contributed by atoms with Gasteiger partial charge in [0.1, 0.15) is 0 Å². The van der Waals surface area contributed by atoms with Gasteiger partial charge in [-0.3, -0.25) is 4.79 Å². The van der Waals surface area contributed by atoms with E-state index in [-0.39, 0.29) is 11.8 Å². The smallest absolute Gasteiger partial charge is 0.307 e. The molecule has 0 amide bonds. The van der Waals surface area contributed by atoms with Crippen molar-refractivity contribution < 1.29 is 9.90 Å². The molecule has 0 radical (unpaired) electrons. The molecule has 0 saturated heterocycles. The standard InChI is InChI=1S/C8H7BrO2S/c9-7-2-1-6(12-7)4-3-5(4)8(10)11/h1-2,4-5H,3H2,(H,10,11). The molecule has 1 aromatic heterocycles. The van der Waals surface area contributed by atoms with Crippen molar-refractivity contribution in [3.8, 4) is 0 Å². The maximum absolute atomic E-state index is 10.5. The van der Waals surface area contributed by atoms with Gasteiger partial charge >= 0.3 is 5.97 Å². The molecule has 2 rings (SSSR count). The molecule has 0 aromatic carbocycles. The van der Waals surface area contributed by atoms with Crippen LogP contribution in [-0.2, 0) is 4.79 Å². The van der Waals surface area contributed by atoms with Gasteiger partial charge in [-0.1, -0.05) is 0 Å². The lowest BCUT2D eigenvalue weighted by Gasteiger charge is -1.89. The number of carboxylic acids is 1. The summed E-state index contributed by atoms with van der Waals surface area (Å²) in [6.45, 7) is 0. The highest BCUT2D eigenvalue weighted by Gasteiger charge is 2.44. The van der Waals surface area contributed by atoms with Crippen molar-refractivity contribution in [2.75, 3.05) is 0 Å². The highest BCUT2D eigenvalue weighted by atomic mass is 79.9. The molecule has 2 nitrogen and oxygen atoms in total. The SMILES string of the molecule is O=C(O)C1CC1c1ccc(Br)s1. The summed E-state index contributed by atoms with van der Waals surface area (Å²) >= 11 is 4.99. The number of hydrogen-bond acceptors (Lipinski definition) is 2. The Hall–Kier alpha value is -0.350. The summed E-state index contributed by atoms with van der Waals surface area (Å²) in [7, 11) is 0. The summed E-state index contributed by atoms with van der Waals surface area (Å²) in [6.07, 6.45) is 0.808. The molecular formula is C8H7BrO2S.